The lowest BCUT2D eigenvalue weighted by Crippen LogP contribution is -2.20. The Labute approximate surface area is 60.3 Å². The Morgan fingerprint density at radius 3 is 2.90 bits per heavy atom. The zero-order chi connectivity index (χ0) is 7.56. The molecule has 0 saturated carbocycles. The molecule has 10 heavy (non-hydrogen) atoms. The molecule has 0 amide bonds. The summed E-state index contributed by atoms with van der Waals surface area (Å²) in [5.41, 5.74) is 0.270. The van der Waals surface area contributed by atoms with Crippen molar-refractivity contribution in [1.29, 1.82) is 0 Å². The van der Waals surface area contributed by atoms with Crippen molar-refractivity contribution in [3.63, 3.8) is 0 Å². The van der Waals surface area contributed by atoms with Gasteiger partial charge in [0.2, 0.25) is 0 Å². The fourth-order valence-corrected chi connectivity index (χ4v) is 0.609. The van der Waals surface area contributed by atoms with Gasteiger partial charge in [0.1, 0.15) is 13.7 Å². The van der Waals surface area contributed by atoms with Crippen molar-refractivity contribution in [2.45, 2.75) is 0 Å². The Balaban J connectivity index is 2.92. The maximum absolute atomic E-state index is 11.8. The summed E-state index contributed by atoms with van der Waals surface area (Å²) in [6.07, 6.45) is 0. The van der Waals surface area contributed by atoms with E-state index in [4.69, 9.17) is 7.85 Å². The van der Waals surface area contributed by atoms with Crippen LogP contribution in [-0.4, -0.2) is 32.3 Å². The van der Waals surface area contributed by atoms with Crippen LogP contribution in [0, 0.1) is 0 Å². The lowest BCUT2D eigenvalue weighted by Gasteiger charge is -1.91. The number of nitrogens with zero attached hydrogens (tertiary/aromatic N) is 2. The molecule has 6 heteroatoms. The Bertz CT molecular complexity index is 224. The summed E-state index contributed by atoms with van der Waals surface area (Å²) in [5.74, 6) is 0.548. The first-order chi connectivity index (χ1) is 4.77. The van der Waals surface area contributed by atoms with E-state index in [2.05, 4.69) is 10.4 Å². The number of rotatable bonds is 2. The van der Waals surface area contributed by atoms with Gasteiger partial charge in [0, 0.05) is 7.05 Å². The Kier molecular flexibility index (Phi) is 1.99. The van der Waals surface area contributed by atoms with E-state index in [1.54, 1.807) is 7.05 Å². The summed E-state index contributed by atoms with van der Waals surface area (Å²) in [6.45, 7) is 0. The Morgan fingerprint density at radius 1 is 1.90 bits per heavy atom. The third-order valence-electron chi connectivity index (χ3n) is 1.11. The third-order valence-corrected chi connectivity index (χ3v) is 1.11. The van der Waals surface area contributed by atoms with E-state index in [0.717, 1.165) is 4.59 Å². The van der Waals surface area contributed by atoms with Gasteiger partial charge < -0.3 is 9.63 Å². The highest BCUT2D eigenvalue weighted by Crippen LogP contribution is 1.95. The fourth-order valence-electron chi connectivity index (χ4n) is 0.609. The first-order valence-electron chi connectivity index (χ1n) is 2.74. The molecule has 0 unspecified atom stereocenters. The molecule has 0 aliphatic rings. The van der Waals surface area contributed by atoms with E-state index < -0.39 is 0 Å². The van der Waals surface area contributed by atoms with E-state index in [1.807, 2.05) is 0 Å². The maximum atomic E-state index is 11.8. The smallest absolute Gasteiger partial charge is 0.372 e. The molecule has 1 heterocycles. The maximum Gasteiger partial charge on any atom is 0.512 e. The van der Waals surface area contributed by atoms with E-state index >= 15 is 0 Å². The number of nitrogens with one attached hydrogen (secondary N) is 1. The van der Waals surface area contributed by atoms with Crippen molar-refractivity contribution in [3.05, 3.63) is 6.07 Å². The molecule has 0 spiro atoms. The second kappa shape index (κ2) is 2.77. The zero-order valence-electron chi connectivity index (χ0n) is 5.50. The molecule has 0 saturated heterocycles. The van der Waals surface area contributed by atoms with Crippen LogP contribution >= 0.6 is 0 Å². The van der Waals surface area contributed by atoms with Gasteiger partial charge in [-0.15, -0.1) is 0 Å². The lowest BCUT2D eigenvalue weighted by molar-refractivity contribution is 0.804. The normalized spacial score (nSPS) is 9.40. The molecular weight excluding hydrogens is 131 g/mol. The third kappa shape index (κ3) is 1.15. The molecule has 0 aromatic carbocycles. The van der Waals surface area contributed by atoms with Crippen LogP contribution in [0.2, 0.25) is 0 Å². The minimum Gasteiger partial charge on any atom is -0.372 e. The first-order valence-corrected chi connectivity index (χ1v) is 2.74. The monoisotopic (exact) mass is 136 g/mol. The SMILES string of the molecule is [B]c1cc(NC)nn1[B]F. The van der Waals surface area contributed by atoms with Gasteiger partial charge in [-0.25, -0.2) is 0 Å². The van der Waals surface area contributed by atoms with Gasteiger partial charge in [-0.3, -0.25) is 4.59 Å². The van der Waals surface area contributed by atoms with E-state index in [1.165, 1.54) is 6.07 Å². The van der Waals surface area contributed by atoms with Crippen molar-refractivity contribution >= 4 is 26.9 Å². The number of hydrogen-bond acceptors (Lipinski definition) is 2. The standard InChI is InChI=1S/C4H5B2FN3/c1-8-4-2-3(5)10(6-7)9-4/h2H,1H3,(H,8,9). The van der Waals surface area contributed by atoms with Crippen molar-refractivity contribution in [3.8, 4) is 0 Å². The summed E-state index contributed by atoms with van der Waals surface area (Å²) in [7, 11) is 7.30. The van der Waals surface area contributed by atoms with Crippen LogP contribution in [0.1, 0.15) is 0 Å². The second-order valence-corrected chi connectivity index (χ2v) is 1.75. The van der Waals surface area contributed by atoms with Crippen LogP contribution in [-0.2, 0) is 0 Å². The van der Waals surface area contributed by atoms with Gasteiger partial charge in [0.05, 0.1) is 0 Å². The quantitative estimate of drug-likeness (QED) is 0.532. The van der Waals surface area contributed by atoms with Crippen LogP contribution in [0.3, 0.4) is 0 Å². The van der Waals surface area contributed by atoms with E-state index in [9.17, 15) is 4.32 Å². The summed E-state index contributed by atoms with van der Waals surface area (Å²) in [5, 5.41) is 6.42. The molecule has 3 nitrogen and oxygen atoms in total. The number of halogens is 1. The molecule has 49 valence electrons. The van der Waals surface area contributed by atoms with Crippen LogP contribution in [0.5, 0.6) is 0 Å². The molecule has 0 atom stereocenters. The molecule has 1 rings (SSSR count). The van der Waals surface area contributed by atoms with Crippen LogP contribution < -0.4 is 10.9 Å². The van der Waals surface area contributed by atoms with Gasteiger partial charge in [-0.05, 0) is 11.7 Å². The van der Waals surface area contributed by atoms with Crippen molar-refractivity contribution < 1.29 is 4.32 Å². The summed E-state index contributed by atoms with van der Waals surface area (Å²) in [6, 6.07) is 1.54. The average molecular weight is 136 g/mol. The predicted molar refractivity (Wildman–Crippen MR) is 39.4 cm³/mol. The molecule has 3 radical (unpaired) electrons. The average Bonchev–Trinajstić information content (AvgIpc) is 2.30. The van der Waals surface area contributed by atoms with Gasteiger partial charge in [-0.1, -0.05) is 0 Å². The van der Waals surface area contributed by atoms with Crippen molar-refractivity contribution in [2.75, 3.05) is 12.4 Å². The summed E-state index contributed by atoms with van der Waals surface area (Å²) < 4.78 is 12.8. The molecular formula is C4H5B2FN3. The van der Waals surface area contributed by atoms with Gasteiger partial charge in [-0.2, -0.15) is 5.10 Å². The lowest BCUT2D eigenvalue weighted by atomic mass is 10.0. The van der Waals surface area contributed by atoms with Crippen molar-refractivity contribution in [1.82, 2.24) is 9.69 Å². The second-order valence-electron chi connectivity index (χ2n) is 1.75. The predicted octanol–water partition coefficient (Wildman–Crippen LogP) is -0.930. The van der Waals surface area contributed by atoms with Crippen LogP contribution in [0.4, 0.5) is 10.1 Å². The highest BCUT2D eigenvalue weighted by Gasteiger charge is 2.01. The Hall–Kier alpha value is -0.930. The van der Waals surface area contributed by atoms with Crippen LogP contribution in [0.25, 0.3) is 0 Å². The van der Waals surface area contributed by atoms with Gasteiger partial charge >= 0.3 is 7.69 Å². The number of hydrogen-bond donors (Lipinski definition) is 1. The van der Waals surface area contributed by atoms with E-state index in [0.29, 0.717) is 13.5 Å². The molecule has 1 N–H and O–H groups in total. The number of anilines is 1. The van der Waals surface area contributed by atoms with Crippen LogP contribution in [0.15, 0.2) is 6.07 Å². The van der Waals surface area contributed by atoms with Gasteiger partial charge in [0.25, 0.3) is 0 Å². The summed E-state index contributed by atoms with van der Waals surface area (Å²) in [4.78, 5) is 0. The molecule has 0 aliphatic carbocycles. The fraction of sp³-hybridized carbons (Fsp3) is 0.250. The number of aromatic nitrogens is 2. The molecule has 1 aromatic rings. The minimum atomic E-state index is 0.270. The first kappa shape index (κ1) is 7.18. The van der Waals surface area contributed by atoms with Crippen molar-refractivity contribution in [2.24, 2.45) is 0 Å². The largest absolute Gasteiger partial charge is 0.512 e. The minimum absolute atomic E-state index is 0.270. The highest BCUT2D eigenvalue weighted by atomic mass is 19.1. The Morgan fingerprint density at radius 2 is 2.60 bits per heavy atom. The summed E-state index contributed by atoms with van der Waals surface area (Å²) >= 11 is 0. The molecule has 0 aliphatic heterocycles. The van der Waals surface area contributed by atoms with Gasteiger partial charge in [0.15, 0.2) is 0 Å². The molecule has 0 bridgehead atoms. The molecule has 0 fully saturated rings. The highest BCUT2D eigenvalue weighted by molar-refractivity contribution is 6.37. The topological polar surface area (TPSA) is 29.9 Å². The molecule has 1 aromatic heterocycles. The van der Waals surface area contributed by atoms with E-state index in [-0.39, 0.29) is 5.59 Å². The zero-order valence-corrected chi connectivity index (χ0v) is 5.50.